The SMILES string of the molecule is CCC1=Cc2c(cccc2-c2ccc(C)c(C)c2C)C1. The molecule has 2 aromatic rings. The molecular formula is C20H22. The predicted molar refractivity (Wildman–Crippen MR) is 88.1 cm³/mol. The molecule has 1 aliphatic rings. The molecule has 0 heterocycles. The van der Waals surface area contributed by atoms with Gasteiger partial charge in [-0.15, -0.1) is 0 Å². The maximum Gasteiger partial charge on any atom is -0.00577 e. The van der Waals surface area contributed by atoms with Crippen LogP contribution in [0.4, 0.5) is 0 Å². The van der Waals surface area contributed by atoms with E-state index in [2.05, 4.69) is 64.1 Å². The van der Waals surface area contributed by atoms with Crippen LogP contribution in [0.3, 0.4) is 0 Å². The summed E-state index contributed by atoms with van der Waals surface area (Å²) >= 11 is 0. The van der Waals surface area contributed by atoms with Crippen molar-refractivity contribution in [1.82, 2.24) is 0 Å². The van der Waals surface area contributed by atoms with Crippen LogP contribution in [0.1, 0.15) is 41.2 Å². The Hall–Kier alpha value is -1.82. The quantitative estimate of drug-likeness (QED) is 0.658. The number of aryl methyl sites for hydroxylation is 1. The molecular weight excluding hydrogens is 240 g/mol. The van der Waals surface area contributed by atoms with Crippen LogP contribution < -0.4 is 0 Å². The molecule has 0 atom stereocenters. The summed E-state index contributed by atoms with van der Waals surface area (Å²) in [6.45, 7) is 8.91. The molecule has 0 aromatic heterocycles. The third kappa shape index (κ3) is 2.00. The van der Waals surface area contributed by atoms with Gasteiger partial charge in [0.25, 0.3) is 0 Å². The van der Waals surface area contributed by atoms with Crippen molar-refractivity contribution in [2.24, 2.45) is 0 Å². The molecule has 0 heteroatoms. The zero-order valence-corrected chi connectivity index (χ0v) is 12.9. The van der Waals surface area contributed by atoms with Gasteiger partial charge in [-0.1, -0.05) is 48.9 Å². The topological polar surface area (TPSA) is 0 Å². The number of benzene rings is 2. The van der Waals surface area contributed by atoms with Crippen molar-refractivity contribution in [2.75, 3.05) is 0 Å². The third-order valence-corrected chi connectivity index (χ3v) is 4.76. The minimum atomic E-state index is 1.13. The molecule has 2 aromatic carbocycles. The highest BCUT2D eigenvalue weighted by Gasteiger charge is 2.17. The Kier molecular flexibility index (Phi) is 3.25. The molecule has 3 rings (SSSR count). The fourth-order valence-electron chi connectivity index (χ4n) is 3.15. The highest BCUT2D eigenvalue weighted by molar-refractivity contribution is 5.82. The summed E-state index contributed by atoms with van der Waals surface area (Å²) in [5.41, 5.74) is 11.5. The second-order valence-corrected chi connectivity index (χ2v) is 5.89. The lowest BCUT2D eigenvalue weighted by Crippen LogP contribution is -1.93. The van der Waals surface area contributed by atoms with Gasteiger partial charge in [-0.05, 0) is 72.6 Å². The van der Waals surface area contributed by atoms with Gasteiger partial charge in [0.05, 0.1) is 0 Å². The summed E-state index contributed by atoms with van der Waals surface area (Å²) in [5.74, 6) is 0. The highest BCUT2D eigenvalue weighted by atomic mass is 14.2. The smallest absolute Gasteiger partial charge is 0.00577 e. The Balaban J connectivity index is 2.21. The van der Waals surface area contributed by atoms with Gasteiger partial charge in [0.1, 0.15) is 0 Å². The van der Waals surface area contributed by atoms with Gasteiger partial charge < -0.3 is 0 Å². The van der Waals surface area contributed by atoms with E-state index in [1.165, 1.54) is 38.9 Å². The lowest BCUT2D eigenvalue weighted by Gasteiger charge is -2.14. The van der Waals surface area contributed by atoms with Crippen LogP contribution in [-0.2, 0) is 6.42 Å². The van der Waals surface area contributed by atoms with Gasteiger partial charge in [0.15, 0.2) is 0 Å². The van der Waals surface area contributed by atoms with Crippen molar-refractivity contribution in [1.29, 1.82) is 0 Å². The highest BCUT2D eigenvalue weighted by Crippen LogP contribution is 2.37. The number of rotatable bonds is 2. The van der Waals surface area contributed by atoms with E-state index in [9.17, 15) is 0 Å². The van der Waals surface area contributed by atoms with Gasteiger partial charge in [-0.2, -0.15) is 0 Å². The van der Waals surface area contributed by atoms with Gasteiger partial charge in [-0.25, -0.2) is 0 Å². The minimum absolute atomic E-state index is 1.13. The van der Waals surface area contributed by atoms with Crippen LogP contribution in [0.15, 0.2) is 35.9 Å². The fraction of sp³-hybridized carbons (Fsp3) is 0.300. The number of hydrogen-bond acceptors (Lipinski definition) is 0. The first kappa shape index (κ1) is 13.2. The molecule has 0 N–H and O–H groups in total. The van der Waals surface area contributed by atoms with Crippen molar-refractivity contribution in [3.8, 4) is 11.1 Å². The summed E-state index contributed by atoms with van der Waals surface area (Å²) in [5, 5.41) is 0. The Labute approximate surface area is 122 Å². The molecule has 0 aliphatic heterocycles. The monoisotopic (exact) mass is 262 g/mol. The lowest BCUT2D eigenvalue weighted by molar-refractivity contribution is 1.04. The van der Waals surface area contributed by atoms with Gasteiger partial charge in [-0.3, -0.25) is 0 Å². The first-order chi connectivity index (χ1) is 9.61. The zero-order valence-electron chi connectivity index (χ0n) is 12.9. The van der Waals surface area contributed by atoms with Gasteiger partial charge in [0, 0.05) is 0 Å². The minimum Gasteiger partial charge on any atom is -0.0655 e. The predicted octanol–water partition coefficient (Wildman–Crippen LogP) is 5.63. The largest absolute Gasteiger partial charge is 0.0655 e. The van der Waals surface area contributed by atoms with Crippen LogP contribution in [0.25, 0.3) is 17.2 Å². The fourth-order valence-corrected chi connectivity index (χ4v) is 3.15. The zero-order chi connectivity index (χ0) is 14.3. The molecule has 0 radical (unpaired) electrons. The van der Waals surface area contributed by atoms with Gasteiger partial charge in [0.2, 0.25) is 0 Å². The molecule has 20 heavy (non-hydrogen) atoms. The van der Waals surface area contributed by atoms with E-state index in [4.69, 9.17) is 0 Å². The molecule has 0 unspecified atom stereocenters. The van der Waals surface area contributed by atoms with Gasteiger partial charge >= 0.3 is 0 Å². The second kappa shape index (κ2) is 4.94. The standard InChI is InChI=1S/C20H22/c1-5-16-11-17-7-6-8-19(20(17)12-16)18-10-9-13(2)14(3)15(18)4/h6-10,12H,5,11H2,1-4H3. The summed E-state index contributed by atoms with van der Waals surface area (Å²) in [6.07, 6.45) is 4.68. The molecule has 0 spiro atoms. The molecule has 0 saturated carbocycles. The van der Waals surface area contributed by atoms with Crippen molar-refractivity contribution < 1.29 is 0 Å². The third-order valence-electron chi connectivity index (χ3n) is 4.76. The van der Waals surface area contributed by atoms with Crippen LogP contribution in [0.5, 0.6) is 0 Å². The van der Waals surface area contributed by atoms with E-state index in [0.717, 1.165) is 12.8 Å². The van der Waals surface area contributed by atoms with Crippen molar-refractivity contribution in [3.63, 3.8) is 0 Å². The Morgan fingerprint density at radius 2 is 1.70 bits per heavy atom. The van der Waals surface area contributed by atoms with E-state index >= 15 is 0 Å². The maximum absolute atomic E-state index is 2.40. The van der Waals surface area contributed by atoms with E-state index in [-0.39, 0.29) is 0 Å². The molecule has 0 saturated heterocycles. The Bertz CT molecular complexity index is 702. The van der Waals surface area contributed by atoms with Crippen LogP contribution in [0.2, 0.25) is 0 Å². The average molecular weight is 262 g/mol. The lowest BCUT2D eigenvalue weighted by atomic mass is 9.90. The van der Waals surface area contributed by atoms with E-state index in [1.54, 1.807) is 5.57 Å². The molecule has 0 nitrogen and oxygen atoms in total. The Morgan fingerprint density at radius 3 is 2.45 bits per heavy atom. The molecule has 102 valence electrons. The molecule has 0 bridgehead atoms. The van der Waals surface area contributed by atoms with Crippen LogP contribution >= 0.6 is 0 Å². The summed E-state index contributed by atoms with van der Waals surface area (Å²) in [7, 11) is 0. The normalized spacial score (nSPS) is 13.3. The first-order valence-corrected chi connectivity index (χ1v) is 7.50. The van der Waals surface area contributed by atoms with E-state index < -0.39 is 0 Å². The number of hydrogen-bond donors (Lipinski definition) is 0. The summed E-state index contributed by atoms with van der Waals surface area (Å²) < 4.78 is 0. The van der Waals surface area contributed by atoms with E-state index in [0.29, 0.717) is 0 Å². The van der Waals surface area contributed by atoms with Crippen molar-refractivity contribution >= 4 is 6.08 Å². The molecule has 0 fully saturated rings. The molecule has 0 amide bonds. The van der Waals surface area contributed by atoms with Crippen LogP contribution in [-0.4, -0.2) is 0 Å². The number of fused-ring (bicyclic) bond motifs is 1. The Morgan fingerprint density at radius 1 is 0.900 bits per heavy atom. The molecule has 1 aliphatic carbocycles. The number of allylic oxidation sites excluding steroid dienone is 1. The second-order valence-electron chi connectivity index (χ2n) is 5.89. The van der Waals surface area contributed by atoms with Crippen LogP contribution in [0, 0.1) is 20.8 Å². The van der Waals surface area contributed by atoms with E-state index in [1.807, 2.05) is 0 Å². The maximum atomic E-state index is 2.40. The average Bonchev–Trinajstić information content (AvgIpc) is 2.88. The van der Waals surface area contributed by atoms with Crippen molar-refractivity contribution in [3.05, 3.63) is 63.7 Å². The first-order valence-electron chi connectivity index (χ1n) is 7.50. The summed E-state index contributed by atoms with van der Waals surface area (Å²) in [4.78, 5) is 0. The van der Waals surface area contributed by atoms with Crippen molar-refractivity contribution in [2.45, 2.75) is 40.5 Å². The summed E-state index contributed by atoms with van der Waals surface area (Å²) in [6, 6.07) is 11.3.